The van der Waals surface area contributed by atoms with Crippen molar-refractivity contribution in [1.29, 1.82) is 0 Å². The van der Waals surface area contributed by atoms with Crippen molar-refractivity contribution >= 4 is 22.0 Å². The quantitative estimate of drug-likeness (QED) is 0.781. The number of fused-ring (bicyclic) bond motifs is 1. The van der Waals surface area contributed by atoms with E-state index >= 15 is 0 Å². The zero-order valence-corrected chi connectivity index (χ0v) is 14.0. The molecule has 1 amide bonds. The zero-order chi connectivity index (χ0) is 15.2. The molecule has 0 bridgehead atoms. The van der Waals surface area contributed by atoms with E-state index in [2.05, 4.69) is 39.4 Å². The second kappa shape index (κ2) is 7.64. The van der Waals surface area contributed by atoms with Gasteiger partial charge in [-0.1, -0.05) is 28.1 Å². The van der Waals surface area contributed by atoms with Gasteiger partial charge in [-0.15, -0.1) is 0 Å². The Kier molecular flexibility index (Phi) is 6.49. The molecule has 20 heavy (non-hydrogen) atoms. The molecule has 112 valence electrons. The lowest BCUT2D eigenvalue weighted by atomic mass is 10.0. The average molecular weight is 344 g/mol. The van der Waals surface area contributed by atoms with Gasteiger partial charge in [-0.25, -0.2) is 4.79 Å². The second-order valence-electron chi connectivity index (χ2n) is 5.43. The molecular weight excluding hydrogens is 322 g/mol. The number of amides is 1. The molecule has 0 saturated heterocycles. The summed E-state index contributed by atoms with van der Waals surface area (Å²) >= 11 is 3.53. The van der Waals surface area contributed by atoms with Crippen LogP contribution in [0.25, 0.3) is 0 Å². The fourth-order valence-corrected chi connectivity index (χ4v) is 2.31. The molecule has 1 aliphatic heterocycles. The van der Waals surface area contributed by atoms with E-state index in [4.69, 9.17) is 9.47 Å². The van der Waals surface area contributed by atoms with Gasteiger partial charge in [0.2, 0.25) is 0 Å². The summed E-state index contributed by atoms with van der Waals surface area (Å²) in [6, 6.07) is 6.26. The van der Waals surface area contributed by atoms with Crippen molar-refractivity contribution in [3.8, 4) is 0 Å². The van der Waals surface area contributed by atoms with Crippen molar-refractivity contribution in [2.45, 2.75) is 39.4 Å². The summed E-state index contributed by atoms with van der Waals surface area (Å²) in [5.41, 5.74) is 2.35. The summed E-state index contributed by atoms with van der Waals surface area (Å²) in [5, 5.41) is 2.36. The third-order valence-corrected chi connectivity index (χ3v) is 3.32. The molecule has 0 unspecified atom stereocenters. The maximum Gasteiger partial charge on any atom is 0.407 e. The molecule has 1 aromatic rings. The fraction of sp³-hybridized carbons (Fsp3) is 0.533. The van der Waals surface area contributed by atoms with E-state index in [1.165, 1.54) is 22.6 Å². The average Bonchev–Trinajstić information content (AvgIpc) is 2.38. The van der Waals surface area contributed by atoms with Crippen LogP contribution in [0, 0.1) is 0 Å². The number of alkyl carbamates (subject to hydrolysis) is 1. The van der Waals surface area contributed by atoms with Crippen LogP contribution in [-0.2, 0) is 22.5 Å². The Morgan fingerprint density at radius 1 is 1.40 bits per heavy atom. The molecule has 0 atom stereocenters. The summed E-state index contributed by atoms with van der Waals surface area (Å²) in [7, 11) is 1.54. The fourth-order valence-electron chi connectivity index (χ4n) is 1.70. The van der Waals surface area contributed by atoms with Gasteiger partial charge in [-0.3, -0.25) is 0 Å². The Bertz CT molecular complexity index is 455. The number of rotatable bonds is 0. The molecule has 0 fully saturated rings. The number of benzene rings is 1. The minimum Gasteiger partial charge on any atom is -0.444 e. The van der Waals surface area contributed by atoms with Crippen LogP contribution >= 0.6 is 15.9 Å². The number of ether oxygens (including phenoxy) is 2. The van der Waals surface area contributed by atoms with Crippen LogP contribution in [-0.4, -0.2) is 25.3 Å². The third kappa shape index (κ3) is 5.92. The Balaban J connectivity index is 0.000000206. The normalized spacial score (nSPS) is 13.7. The number of halogens is 1. The Morgan fingerprint density at radius 2 is 2.10 bits per heavy atom. The van der Waals surface area contributed by atoms with Gasteiger partial charge in [0.15, 0.2) is 0 Å². The van der Waals surface area contributed by atoms with Gasteiger partial charge in [0, 0.05) is 11.5 Å². The largest absolute Gasteiger partial charge is 0.444 e. The predicted molar refractivity (Wildman–Crippen MR) is 82.8 cm³/mol. The molecule has 1 heterocycles. The van der Waals surface area contributed by atoms with Crippen LogP contribution in [0.1, 0.15) is 31.9 Å². The van der Waals surface area contributed by atoms with Crippen molar-refractivity contribution in [3.05, 3.63) is 33.8 Å². The number of nitrogens with one attached hydrogen (secondary N) is 1. The van der Waals surface area contributed by atoms with E-state index in [0.717, 1.165) is 19.6 Å². The van der Waals surface area contributed by atoms with Gasteiger partial charge in [-0.05, 0) is 44.4 Å². The first kappa shape index (κ1) is 17.0. The van der Waals surface area contributed by atoms with Crippen molar-refractivity contribution in [1.82, 2.24) is 5.32 Å². The van der Waals surface area contributed by atoms with Gasteiger partial charge in [0.25, 0.3) is 0 Å². The summed E-state index contributed by atoms with van der Waals surface area (Å²) < 4.78 is 11.4. The summed E-state index contributed by atoms with van der Waals surface area (Å²) in [6.07, 6.45) is 0.652. The highest BCUT2D eigenvalue weighted by molar-refractivity contribution is 9.10. The van der Waals surface area contributed by atoms with E-state index in [0.29, 0.717) is 0 Å². The van der Waals surface area contributed by atoms with Crippen molar-refractivity contribution in [3.63, 3.8) is 0 Å². The number of hydrogen-bond donors (Lipinski definition) is 1. The van der Waals surface area contributed by atoms with E-state index in [9.17, 15) is 4.79 Å². The minimum atomic E-state index is -0.389. The maximum absolute atomic E-state index is 10.5. The van der Waals surface area contributed by atoms with Crippen LogP contribution in [0.2, 0.25) is 0 Å². The second-order valence-corrected chi connectivity index (χ2v) is 6.29. The highest BCUT2D eigenvalue weighted by Gasteiger charge is 2.14. The zero-order valence-electron chi connectivity index (χ0n) is 12.5. The van der Waals surface area contributed by atoms with Crippen LogP contribution < -0.4 is 5.32 Å². The Morgan fingerprint density at radius 3 is 2.60 bits per heavy atom. The number of hydrogen-bond acceptors (Lipinski definition) is 3. The van der Waals surface area contributed by atoms with Crippen molar-refractivity contribution in [2.24, 2.45) is 0 Å². The molecular formula is C15H22BrNO3. The van der Waals surface area contributed by atoms with Crippen molar-refractivity contribution in [2.75, 3.05) is 13.7 Å². The van der Waals surface area contributed by atoms with Crippen LogP contribution in [0.5, 0.6) is 0 Å². The topological polar surface area (TPSA) is 47.6 Å². The molecule has 5 heteroatoms. The molecule has 0 aromatic heterocycles. The standard InChI is InChI=1S/C9H9BrO.C6H13NO2/c10-9-3-1-2-7-6-11-5-4-8(7)9;1-6(2,3)9-5(8)7-4/h1-3H,4-6H2;1-4H3,(H,7,8). The van der Waals surface area contributed by atoms with E-state index in [1.807, 2.05) is 20.8 Å². The summed E-state index contributed by atoms with van der Waals surface area (Å²) in [6.45, 7) is 7.09. The monoisotopic (exact) mass is 343 g/mol. The van der Waals surface area contributed by atoms with E-state index < -0.39 is 0 Å². The van der Waals surface area contributed by atoms with E-state index in [-0.39, 0.29) is 11.7 Å². The molecule has 0 saturated carbocycles. The number of carbonyl (C=O) groups excluding carboxylic acids is 1. The summed E-state index contributed by atoms with van der Waals surface area (Å²) in [4.78, 5) is 10.5. The van der Waals surface area contributed by atoms with Crippen LogP contribution in [0.15, 0.2) is 22.7 Å². The first-order valence-electron chi connectivity index (χ1n) is 6.58. The first-order chi connectivity index (χ1) is 9.33. The van der Waals surface area contributed by atoms with Crippen LogP contribution in [0.3, 0.4) is 0 Å². The Labute approximate surface area is 129 Å². The van der Waals surface area contributed by atoms with Crippen molar-refractivity contribution < 1.29 is 14.3 Å². The molecule has 2 rings (SSSR count). The van der Waals surface area contributed by atoms with E-state index in [1.54, 1.807) is 0 Å². The lowest BCUT2D eigenvalue weighted by Crippen LogP contribution is -2.30. The molecule has 1 aromatic carbocycles. The lowest BCUT2D eigenvalue weighted by Gasteiger charge is -2.18. The SMILES string of the molecule is Brc1cccc2c1CCOC2.CNC(=O)OC(C)(C)C. The van der Waals surface area contributed by atoms with Gasteiger partial charge in [0.1, 0.15) is 5.60 Å². The highest BCUT2D eigenvalue weighted by atomic mass is 79.9. The lowest BCUT2D eigenvalue weighted by molar-refractivity contribution is 0.0541. The van der Waals surface area contributed by atoms with Gasteiger partial charge in [-0.2, -0.15) is 0 Å². The molecule has 1 aliphatic rings. The number of carbonyl (C=O) groups is 1. The van der Waals surface area contributed by atoms with Gasteiger partial charge in [0.05, 0.1) is 13.2 Å². The minimum absolute atomic E-state index is 0.387. The molecule has 0 spiro atoms. The third-order valence-electron chi connectivity index (χ3n) is 2.57. The van der Waals surface area contributed by atoms with Gasteiger partial charge < -0.3 is 14.8 Å². The highest BCUT2D eigenvalue weighted by Crippen LogP contribution is 2.24. The summed E-state index contributed by atoms with van der Waals surface area (Å²) in [5.74, 6) is 0. The molecule has 1 N–H and O–H groups in total. The first-order valence-corrected chi connectivity index (χ1v) is 7.37. The van der Waals surface area contributed by atoms with Gasteiger partial charge >= 0.3 is 6.09 Å². The maximum atomic E-state index is 10.5. The molecule has 0 radical (unpaired) electrons. The molecule has 0 aliphatic carbocycles. The Hall–Kier alpha value is -1.07. The predicted octanol–water partition coefficient (Wildman–Crippen LogP) is 3.66. The van der Waals surface area contributed by atoms with Crippen LogP contribution in [0.4, 0.5) is 4.79 Å². The molecule has 4 nitrogen and oxygen atoms in total. The smallest absolute Gasteiger partial charge is 0.407 e.